The number of hydrogen-bond donors (Lipinski definition) is 1. The minimum atomic E-state index is 0.600. The Morgan fingerprint density at radius 1 is 1.38 bits per heavy atom. The third-order valence-electron chi connectivity index (χ3n) is 2.42. The van der Waals surface area contributed by atoms with Crippen molar-refractivity contribution in [2.45, 2.75) is 6.54 Å². The zero-order chi connectivity index (χ0) is 11.0. The van der Waals surface area contributed by atoms with Gasteiger partial charge in [0, 0.05) is 6.20 Å². The van der Waals surface area contributed by atoms with Crippen molar-refractivity contribution in [3.63, 3.8) is 0 Å². The number of pyridine rings is 1. The van der Waals surface area contributed by atoms with Crippen molar-refractivity contribution in [2.24, 2.45) is 0 Å². The summed E-state index contributed by atoms with van der Waals surface area (Å²) in [7, 11) is 0. The predicted octanol–water partition coefficient (Wildman–Crippen LogP) is 2.74. The summed E-state index contributed by atoms with van der Waals surface area (Å²) in [5, 5.41) is 0. The number of imidazole rings is 1. The summed E-state index contributed by atoms with van der Waals surface area (Å²) in [6.45, 7) is 0.600. The molecule has 0 radical (unpaired) electrons. The molecule has 3 aromatic heterocycles. The van der Waals surface area contributed by atoms with Gasteiger partial charge in [0.2, 0.25) is 0 Å². The molecule has 0 saturated heterocycles. The van der Waals surface area contributed by atoms with Gasteiger partial charge in [-0.15, -0.1) is 0 Å². The number of furan rings is 1. The van der Waals surface area contributed by atoms with Gasteiger partial charge in [-0.25, -0.2) is 4.98 Å². The highest BCUT2D eigenvalue weighted by Gasteiger charge is 2.06. The van der Waals surface area contributed by atoms with Crippen molar-refractivity contribution in [1.29, 1.82) is 0 Å². The Kier molecular flexibility index (Phi) is 2.11. The molecule has 80 valence electrons. The first-order valence-electron chi connectivity index (χ1n) is 4.90. The van der Waals surface area contributed by atoms with Crippen LogP contribution in [0.2, 0.25) is 0 Å². The van der Waals surface area contributed by atoms with E-state index in [-0.39, 0.29) is 0 Å². The molecule has 16 heavy (non-hydrogen) atoms. The number of rotatable bonds is 2. The second-order valence-electron chi connectivity index (χ2n) is 3.47. The van der Waals surface area contributed by atoms with Crippen LogP contribution in [-0.4, -0.2) is 14.5 Å². The van der Waals surface area contributed by atoms with Crippen molar-refractivity contribution < 1.29 is 4.42 Å². The van der Waals surface area contributed by atoms with Crippen LogP contribution in [0.5, 0.6) is 0 Å². The van der Waals surface area contributed by atoms with Crippen LogP contribution in [-0.2, 0) is 6.54 Å². The Labute approximate surface area is 96.5 Å². The van der Waals surface area contributed by atoms with Gasteiger partial charge in [-0.05, 0) is 36.5 Å². The van der Waals surface area contributed by atoms with E-state index in [9.17, 15) is 0 Å². The van der Waals surface area contributed by atoms with Gasteiger partial charge in [0.1, 0.15) is 5.76 Å². The molecule has 0 atom stereocenters. The molecule has 0 aliphatic heterocycles. The van der Waals surface area contributed by atoms with E-state index in [1.165, 1.54) is 0 Å². The monoisotopic (exact) mass is 231 g/mol. The second kappa shape index (κ2) is 3.61. The Morgan fingerprint density at radius 3 is 3.12 bits per heavy atom. The van der Waals surface area contributed by atoms with E-state index in [2.05, 4.69) is 9.97 Å². The van der Waals surface area contributed by atoms with E-state index < -0.39 is 0 Å². The minimum absolute atomic E-state index is 0.600. The maximum Gasteiger partial charge on any atom is 0.179 e. The predicted molar refractivity (Wildman–Crippen MR) is 62.7 cm³/mol. The third kappa shape index (κ3) is 1.45. The van der Waals surface area contributed by atoms with Gasteiger partial charge in [-0.1, -0.05) is 0 Å². The molecule has 3 aromatic rings. The molecule has 0 saturated carbocycles. The third-order valence-corrected chi connectivity index (χ3v) is 2.75. The van der Waals surface area contributed by atoms with E-state index in [1.807, 2.05) is 28.8 Å². The quantitative estimate of drug-likeness (QED) is 0.690. The number of H-pyrrole nitrogens is 1. The topological polar surface area (TPSA) is 46.8 Å². The van der Waals surface area contributed by atoms with Crippen LogP contribution in [0.1, 0.15) is 5.76 Å². The summed E-state index contributed by atoms with van der Waals surface area (Å²) in [4.78, 5) is 7.42. The Hall–Kier alpha value is -1.88. The summed E-state index contributed by atoms with van der Waals surface area (Å²) in [6, 6.07) is 7.62. The lowest BCUT2D eigenvalue weighted by atomic mass is 10.4. The van der Waals surface area contributed by atoms with Gasteiger partial charge >= 0.3 is 0 Å². The van der Waals surface area contributed by atoms with Gasteiger partial charge in [0.25, 0.3) is 0 Å². The van der Waals surface area contributed by atoms with Gasteiger partial charge in [0.15, 0.2) is 10.4 Å². The standard InChI is InChI=1S/C11H9N3OS/c16-11-13-9-4-1-5-12-10(9)14(11)7-8-3-2-6-15-8/h1-6H,7H2,(H,13,16). The summed E-state index contributed by atoms with van der Waals surface area (Å²) in [6.07, 6.45) is 3.41. The van der Waals surface area contributed by atoms with E-state index in [1.54, 1.807) is 12.5 Å². The molecule has 0 aliphatic carbocycles. The van der Waals surface area contributed by atoms with Gasteiger partial charge in [0.05, 0.1) is 18.3 Å². The summed E-state index contributed by atoms with van der Waals surface area (Å²) >= 11 is 5.25. The van der Waals surface area contributed by atoms with E-state index in [4.69, 9.17) is 16.6 Å². The Bertz CT molecular complexity index is 666. The molecule has 0 aromatic carbocycles. The Morgan fingerprint density at radius 2 is 2.31 bits per heavy atom. The molecule has 0 fully saturated rings. The van der Waals surface area contributed by atoms with Gasteiger partial charge in [-0.2, -0.15) is 0 Å². The summed E-state index contributed by atoms with van der Waals surface area (Å²) < 4.78 is 7.88. The molecular weight excluding hydrogens is 222 g/mol. The van der Waals surface area contributed by atoms with Crippen LogP contribution in [0.25, 0.3) is 11.2 Å². The molecule has 4 nitrogen and oxygen atoms in total. The van der Waals surface area contributed by atoms with Crippen LogP contribution in [0, 0.1) is 4.77 Å². The molecule has 0 bridgehead atoms. The highest BCUT2D eigenvalue weighted by molar-refractivity contribution is 7.71. The fraction of sp³-hybridized carbons (Fsp3) is 0.0909. The number of nitrogens with one attached hydrogen (secondary N) is 1. The number of aromatic nitrogens is 3. The lowest BCUT2D eigenvalue weighted by Crippen LogP contribution is -1.99. The largest absolute Gasteiger partial charge is 0.467 e. The van der Waals surface area contributed by atoms with E-state index in [0.29, 0.717) is 11.3 Å². The van der Waals surface area contributed by atoms with Gasteiger partial charge < -0.3 is 9.40 Å². The molecule has 3 rings (SSSR count). The average molecular weight is 231 g/mol. The van der Waals surface area contributed by atoms with Crippen molar-refractivity contribution >= 4 is 23.4 Å². The number of fused-ring (bicyclic) bond motifs is 1. The highest BCUT2D eigenvalue weighted by atomic mass is 32.1. The van der Waals surface area contributed by atoms with Crippen LogP contribution in [0.4, 0.5) is 0 Å². The number of nitrogens with zero attached hydrogens (tertiary/aromatic N) is 2. The highest BCUT2D eigenvalue weighted by Crippen LogP contribution is 2.13. The summed E-state index contributed by atoms with van der Waals surface area (Å²) in [5.41, 5.74) is 1.79. The fourth-order valence-corrected chi connectivity index (χ4v) is 1.95. The lowest BCUT2D eigenvalue weighted by Gasteiger charge is -1.99. The van der Waals surface area contributed by atoms with Crippen molar-refractivity contribution in [2.75, 3.05) is 0 Å². The normalized spacial score (nSPS) is 11.0. The lowest BCUT2D eigenvalue weighted by molar-refractivity contribution is 0.494. The number of aromatic amines is 1. The van der Waals surface area contributed by atoms with Crippen molar-refractivity contribution in [1.82, 2.24) is 14.5 Å². The zero-order valence-corrected chi connectivity index (χ0v) is 9.20. The van der Waals surface area contributed by atoms with Crippen LogP contribution in [0.15, 0.2) is 41.1 Å². The maximum atomic E-state index is 5.30. The van der Waals surface area contributed by atoms with Crippen molar-refractivity contribution in [3.05, 3.63) is 47.3 Å². The fourth-order valence-electron chi connectivity index (χ4n) is 1.69. The molecule has 0 spiro atoms. The molecule has 1 N–H and O–H groups in total. The zero-order valence-electron chi connectivity index (χ0n) is 8.38. The first-order valence-corrected chi connectivity index (χ1v) is 5.31. The molecule has 5 heteroatoms. The van der Waals surface area contributed by atoms with E-state index in [0.717, 1.165) is 16.9 Å². The minimum Gasteiger partial charge on any atom is -0.467 e. The Balaban J connectivity index is 2.16. The van der Waals surface area contributed by atoms with Crippen LogP contribution in [0.3, 0.4) is 0 Å². The first kappa shape index (κ1) is 9.35. The molecule has 0 aliphatic rings. The van der Waals surface area contributed by atoms with Crippen LogP contribution < -0.4 is 0 Å². The van der Waals surface area contributed by atoms with E-state index >= 15 is 0 Å². The maximum absolute atomic E-state index is 5.30. The van der Waals surface area contributed by atoms with Crippen LogP contribution >= 0.6 is 12.2 Å². The molecule has 3 heterocycles. The molecule has 0 amide bonds. The SMILES string of the molecule is S=c1[nH]c2cccnc2n1Cc1ccco1. The number of hydrogen-bond acceptors (Lipinski definition) is 3. The average Bonchev–Trinajstić information content (AvgIpc) is 2.89. The molecule has 0 unspecified atom stereocenters. The van der Waals surface area contributed by atoms with Crippen molar-refractivity contribution in [3.8, 4) is 0 Å². The smallest absolute Gasteiger partial charge is 0.179 e. The first-order chi connectivity index (χ1) is 7.84. The second-order valence-corrected chi connectivity index (χ2v) is 3.86. The van der Waals surface area contributed by atoms with Gasteiger partial charge in [-0.3, -0.25) is 4.57 Å². The summed E-state index contributed by atoms with van der Waals surface area (Å²) in [5.74, 6) is 0.864. The molecular formula is C11H9N3OS.